The van der Waals surface area contributed by atoms with E-state index in [1.165, 1.54) is 5.56 Å². The highest BCUT2D eigenvalue weighted by Gasteiger charge is 2.20. The summed E-state index contributed by atoms with van der Waals surface area (Å²) in [4.78, 5) is 0. The van der Waals surface area contributed by atoms with E-state index in [4.69, 9.17) is 16.3 Å². The van der Waals surface area contributed by atoms with Crippen LogP contribution in [0, 0.1) is 0 Å². The third kappa shape index (κ3) is 4.19. The molecule has 2 rings (SSSR count). The lowest BCUT2D eigenvalue weighted by Gasteiger charge is -2.21. The van der Waals surface area contributed by atoms with E-state index in [0.29, 0.717) is 6.61 Å². The van der Waals surface area contributed by atoms with Gasteiger partial charge >= 0.3 is 0 Å². The summed E-state index contributed by atoms with van der Waals surface area (Å²) < 4.78 is 5.93. The second-order valence-corrected chi connectivity index (χ2v) is 10.9. The quantitative estimate of drug-likeness (QED) is 0.722. The van der Waals surface area contributed by atoms with E-state index in [1.807, 2.05) is 31.2 Å². The summed E-state index contributed by atoms with van der Waals surface area (Å²) in [7, 11) is 0. The highest BCUT2D eigenvalue weighted by atomic mass is 32.9. The first-order valence-corrected chi connectivity index (χ1v) is 10.5. The van der Waals surface area contributed by atoms with Crippen molar-refractivity contribution in [1.82, 2.24) is 0 Å². The van der Waals surface area contributed by atoms with Crippen LogP contribution in [-0.2, 0) is 22.1 Å². The van der Waals surface area contributed by atoms with Gasteiger partial charge in [0.2, 0.25) is 0 Å². The van der Waals surface area contributed by atoms with E-state index in [2.05, 4.69) is 36.4 Å². The Morgan fingerprint density at radius 1 is 1.00 bits per heavy atom. The maximum absolute atomic E-state index is 5.93. The Labute approximate surface area is 124 Å². The van der Waals surface area contributed by atoms with Gasteiger partial charge in [-0.05, 0) is 12.5 Å². The average Bonchev–Trinajstić information content (AvgIpc) is 2.48. The van der Waals surface area contributed by atoms with Crippen molar-refractivity contribution in [3.05, 3.63) is 66.2 Å². The number of hydrogen-bond acceptors (Lipinski definition) is 3. The summed E-state index contributed by atoms with van der Waals surface area (Å²) in [5.74, 6) is 0.896. The fraction of sp³-hybridized carbons (Fsp3) is 0.200. The molecule has 0 bridgehead atoms. The molecule has 1 atom stereocenters. The van der Waals surface area contributed by atoms with Crippen LogP contribution >= 0.6 is 16.8 Å². The van der Waals surface area contributed by atoms with Gasteiger partial charge in [-0.2, -0.15) is 0 Å². The van der Waals surface area contributed by atoms with Gasteiger partial charge in [-0.25, -0.2) is 0 Å². The molecule has 2 aromatic rings. The first-order chi connectivity index (χ1) is 9.24. The smallest absolute Gasteiger partial charge is 0.148 e. The van der Waals surface area contributed by atoms with Crippen molar-refractivity contribution < 1.29 is 4.52 Å². The maximum atomic E-state index is 5.93. The standard InChI is InChI=1S/C15H17OPS2/c1-2-16-17(18,15-11-7-4-8-12-15)19-13-14-9-5-3-6-10-14/h3-12H,2,13H2,1H3. The van der Waals surface area contributed by atoms with E-state index >= 15 is 0 Å². The Hall–Kier alpha value is -0.600. The normalized spacial score (nSPS) is 13.9. The van der Waals surface area contributed by atoms with E-state index < -0.39 is 5.47 Å². The van der Waals surface area contributed by atoms with Crippen LogP contribution in [0.15, 0.2) is 60.7 Å². The first kappa shape index (κ1) is 14.8. The molecule has 19 heavy (non-hydrogen) atoms. The highest BCUT2D eigenvalue weighted by Crippen LogP contribution is 2.59. The molecular weight excluding hydrogens is 291 g/mol. The minimum atomic E-state index is -1.99. The zero-order valence-corrected chi connectivity index (χ0v) is 13.4. The molecule has 0 aromatic heterocycles. The predicted molar refractivity (Wildman–Crippen MR) is 89.7 cm³/mol. The van der Waals surface area contributed by atoms with E-state index in [-0.39, 0.29) is 0 Å². The van der Waals surface area contributed by atoms with Crippen LogP contribution in [0.4, 0.5) is 0 Å². The van der Waals surface area contributed by atoms with E-state index in [0.717, 1.165) is 11.1 Å². The van der Waals surface area contributed by atoms with Gasteiger partial charge < -0.3 is 4.52 Å². The molecule has 0 fully saturated rings. The fourth-order valence-corrected chi connectivity index (χ4v) is 6.93. The predicted octanol–water partition coefficient (Wildman–Crippen LogP) is 4.59. The molecular formula is C15H17OPS2. The average molecular weight is 308 g/mol. The van der Waals surface area contributed by atoms with Gasteiger partial charge in [0, 0.05) is 11.1 Å². The maximum Gasteiger partial charge on any atom is 0.148 e. The summed E-state index contributed by atoms with van der Waals surface area (Å²) in [6.07, 6.45) is 0. The van der Waals surface area contributed by atoms with Crippen molar-refractivity contribution in [2.45, 2.75) is 12.7 Å². The van der Waals surface area contributed by atoms with Crippen molar-refractivity contribution in [2.75, 3.05) is 6.61 Å². The number of rotatable bonds is 6. The van der Waals surface area contributed by atoms with Gasteiger partial charge in [-0.15, -0.1) is 0 Å². The largest absolute Gasteiger partial charge is 0.338 e. The van der Waals surface area contributed by atoms with E-state index in [1.54, 1.807) is 11.4 Å². The van der Waals surface area contributed by atoms with Crippen LogP contribution in [0.2, 0.25) is 0 Å². The Bertz CT molecular complexity index is 543. The summed E-state index contributed by atoms with van der Waals surface area (Å²) in [5.41, 5.74) is -0.698. The van der Waals surface area contributed by atoms with Crippen LogP contribution in [0.1, 0.15) is 12.5 Å². The lowest BCUT2D eigenvalue weighted by molar-refractivity contribution is 0.390. The SMILES string of the molecule is CCOP(=S)(SCc1ccccc1)c1ccccc1. The molecule has 0 aliphatic heterocycles. The first-order valence-electron chi connectivity index (χ1n) is 6.23. The second kappa shape index (κ2) is 7.25. The van der Waals surface area contributed by atoms with Crippen LogP contribution in [0.3, 0.4) is 0 Å². The van der Waals surface area contributed by atoms with Crippen LogP contribution in [-0.4, -0.2) is 6.61 Å². The topological polar surface area (TPSA) is 9.23 Å². The van der Waals surface area contributed by atoms with Crippen molar-refractivity contribution in [3.8, 4) is 0 Å². The third-order valence-corrected chi connectivity index (χ3v) is 9.20. The Kier molecular flexibility index (Phi) is 5.65. The molecule has 0 radical (unpaired) electrons. The summed E-state index contributed by atoms with van der Waals surface area (Å²) >= 11 is 7.58. The second-order valence-electron chi connectivity index (χ2n) is 4.01. The molecule has 0 aliphatic rings. The molecule has 0 saturated carbocycles. The Balaban J connectivity index is 2.14. The van der Waals surface area contributed by atoms with Crippen molar-refractivity contribution >= 4 is 34.0 Å². The fourth-order valence-electron chi connectivity index (χ4n) is 1.70. The Morgan fingerprint density at radius 3 is 2.16 bits per heavy atom. The van der Waals surface area contributed by atoms with Gasteiger partial charge in [-0.1, -0.05) is 83.9 Å². The minimum absolute atomic E-state index is 0.661. The van der Waals surface area contributed by atoms with Crippen LogP contribution < -0.4 is 5.30 Å². The van der Waals surface area contributed by atoms with Crippen LogP contribution in [0.5, 0.6) is 0 Å². The molecule has 0 N–H and O–H groups in total. The van der Waals surface area contributed by atoms with E-state index in [9.17, 15) is 0 Å². The summed E-state index contributed by atoms with van der Waals surface area (Å²) in [6.45, 7) is 2.67. The third-order valence-electron chi connectivity index (χ3n) is 2.62. The monoisotopic (exact) mass is 308 g/mol. The van der Waals surface area contributed by atoms with Crippen molar-refractivity contribution in [1.29, 1.82) is 0 Å². The molecule has 4 heteroatoms. The van der Waals surface area contributed by atoms with Gasteiger partial charge in [0.05, 0.1) is 6.61 Å². The Morgan fingerprint density at radius 2 is 1.58 bits per heavy atom. The van der Waals surface area contributed by atoms with Crippen molar-refractivity contribution in [2.24, 2.45) is 0 Å². The molecule has 1 nitrogen and oxygen atoms in total. The molecule has 0 amide bonds. The van der Waals surface area contributed by atoms with Gasteiger partial charge in [0.15, 0.2) is 0 Å². The van der Waals surface area contributed by atoms with Gasteiger partial charge in [0.1, 0.15) is 5.47 Å². The molecule has 0 saturated heterocycles. The molecule has 0 heterocycles. The number of hydrogen-bond donors (Lipinski definition) is 0. The minimum Gasteiger partial charge on any atom is -0.338 e. The highest BCUT2D eigenvalue weighted by molar-refractivity contribution is 8.71. The molecule has 0 spiro atoms. The zero-order chi connectivity index (χ0) is 13.6. The zero-order valence-electron chi connectivity index (χ0n) is 10.9. The molecule has 0 aliphatic carbocycles. The van der Waals surface area contributed by atoms with Gasteiger partial charge in [-0.3, -0.25) is 0 Å². The van der Waals surface area contributed by atoms with Crippen LogP contribution in [0.25, 0.3) is 0 Å². The number of benzene rings is 2. The molecule has 2 aromatic carbocycles. The summed E-state index contributed by atoms with van der Waals surface area (Å²) in [6, 6.07) is 20.6. The van der Waals surface area contributed by atoms with Gasteiger partial charge in [0.25, 0.3) is 0 Å². The lowest BCUT2D eigenvalue weighted by Crippen LogP contribution is -2.04. The molecule has 100 valence electrons. The lowest BCUT2D eigenvalue weighted by atomic mass is 10.2. The molecule has 1 unspecified atom stereocenters. The summed E-state index contributed by atoms with van der Waals surface area (Å²) in [5, 5.41) is 1.15. The van der Waals surface area contributed by atoms with Crippen molar-refractivity contribution in [3.63, 3.8) is 0 Å².